The zero-order valence-corrected chi connectivity index (χ0v) is 20.4. The Hall–Kier alpha value is -3.79. The first-order chi connectivity index (χ1) is 17.6. The summed E-state index contributed by atoms with van der Waals surface area (Å²) in [6.45, 7) is 3.47. The number of piperidine rings is 1. The van der Waals surface area contributed by atoms with E-state index in [1.54, 1.807) is 11.0 Å². The van der Waals surface area contributed by atoms with Crippen LogP contribution in [-0.2, 0) is 29.2 Å². The molecule has 0 bridgehead atoms. The molecule has 0 radical (unpaired) electrons. The fraction of sp³-hybridized carbons (Fsp3) is 0.423. The van der Waals surface area contributed by atoms with Crippen LogP contribution in [-0.4, -0.2) is 74.7 Å². The van der Waals surface area contributed by atoms with Crippen LogP contribution in [0.4, 0.5) is 0 Å². The van der Waals surface area contributed by atoms with Crippen LogP contribution in [0, 0.1) is 0 Å². The van der Waals surface area contributed by atoms with Crippen molar-refractivity contribution in [3.63, 3.8) is 0 Å². The van der Waals surface area contributed by atoms with Crippen molar-refractivity contribution >= 4 is 11.9 Å². The number of esters is 1. The van der Waals surface area contributed by atoms with Gasteiger partial charge in [0.25, 0.3) is 5.91 Å². The van der Waals surface area contributed by atoms with E-state index < -0.39 is 0 Å². The summed E-state index contributed by atoms with van der Waals surface area (Å²) in [6, 6.07) is 13.4. The molecule has 0 spiro atoms. The van der Waals surface area contributed by atoms with E-state index in [4.69, 9.17) is 9.47 Å². The Labute approximate surface area is 209 Å². The Bertz CT molecular complexity index is 1200. The number of rotatable bonds is 6. The Morgan fingerprint density at radius 1 is 1.06 bits per heavy atom. The van der Waals surface area contributed by atoms with Crippen LogP contribution in [0.15, 0.2) is 48.8 Å². The molecule has 1 atom stereocenters. The normalized spacial score (nSPS) is 18.1. The van der Waals surface area contributed by atoms with Gasteiger partial charge in [-0.3, -0.25) is 14.5 Å². The quantitative estimate of drug-likeness (QED) is 0.485. The van der Waals surface area contributed by atoms with Crippen molar-refractivity contribution in [2.75, 3.05) is 26.8 Å². The third kappa shape index (κ3) is 5.38. The number of benzene rings is 2. The molecule has 188 valence electrons. The summed E-state index contributed by atoms with van der Waals surface area (Å²) in [6.07, 6.45) is 4.47. The summed E-state index contributed by atoms with van der Waals surface area (Å²) in [5.41, 5.74) is 3.70. The Balaban J connectivity index is 1.28. The maximum Gasteiger partial charge on any atom is 0.323 e. The highest BCUT2D eigenvalue weighted by Crippen LogP contribution is 2.27. The molecule has 0 unspecified atom stereocenters. The van der Waals surface area contributed by atoms with Gasteiger partial charge in [-0.2, -0.15) is 0 Å². The molecule has 1 aromatic heterocycles. The predicted molar refractivity (Wildman–Crippen MR) is 130 cm³/mol. The Morgan fingerprint density at radius 2 is 1.89 bits per heavy atom. The number of aromatic nitrogens is 4. The van der Waals surface area contributed by atoms with Crippen molar-refractivity contribution in [1.29, 1.82) is 0 Å². The monoisotopic (exact) mass is 490 g/mol. The average molecular weight is 491 g/mol. The van der Waals surface area contributed by atoms with Gasteiger partial charge in [0.05, 0.1) is 20.2 Å². The van der Waals surface area contributed by atoms with E-state index in [-0.39, 0.29) is 17.9 Å². The van der Waals surface area contributed by atoms with E-state index in [0.717, 1.165) is 48.2 Å². The van der Waals surface area contributed by atoms with E-state index in [1.807, 2.05) is 41.3 Å². The number of methoxy groups -OCH3 is 1. The van der Waals surface area contributed by atoms with Crippen molar-refractivity contribution < 1.29 is 19.1 Å². The molecule has 3 aromatic rings. The first-order valence-corrected chi connectivity index (χ1v) is 12.3. The second-order valence-corrected chi connectivity index (χ2v) is 9.23. The van der Waals surface area contributed by atoms with E-state index in [9.17, 15) is 9.59 Å². The van der Waals surface area contributed by atoms with Crippen molar-refractivity contribution in [3.8, 4) is 5.75 Å². The number of nitrogens with zero attached hydrogens (tertiary/aromatic N) is 6. The van der Waals surface area contributed by atoms with Gasteiger partial charge >= 0.3 is 5.97 Å². The number of ether oxygens (including phenoxy) is 2. The highest BCUT2D eigenvalue weighted by Gasteiger charge is 2.30. The van der Waals surface area contributed by atoms with Gasteiger partial charge in [-0.1, -0.05) is 24.6 Å². The van der Waals surface area contributed by atoms with Gasteiger partial charge in [0.1, 0.15) is 24.7 Å². The molecule has 1 fully saturated rings. The number of carbonyl (C=O) groups excluding carboxylic acids is 2. The van der Waals surface area contributed by atoms with Crippen molar-refractivity contribution in [3.05, 3.63) is 71.0 Å². The van der Waals surface area contributed by atoms with E-state index >= 15 is 0 Å². The highest BCUT2D eigenvalue weighted by atomic mass is 16.5. The number of hydrogen-bond donors (Lipinski definition) is 0. The summed E-state index contributed by atoms with van der Waals surface area (Å²) < 4.78 is 12.6. The van der Waals surface area contributed by atoms with E-state index in [2.05, 4.69) is 26.5 Å². The summed E-state index contributed by atoms with van der Waals surface area (Å²) >= 11 is 0. The predicted octanol–water partition coefficient (Wildman–Crippen LogP) is 2.28. The minimum Gasteiger partial charge on any atom is -0.491 e. The number of tetrazole rings is 1. The van der Waals surface area contributed by atoms with Crippen molar-refractivity contribution in [1.82, 2.24) is 30.0 Å². The zero-order valence-electron chi connectivity index (χ0n) is 20.4. The van der Waals surface area contributed by atoms with Gasteiger partial charge in [0, 0.05) is 24.2 Å². The molecule has 2 aromatic carbocycles. The summed E-state index contributed by atoms with van der Waals surface area (Å²) in [7, 11) is 1.45. The molecule has 0 N–H and O–H groups in total. The van der Waals surface area contributed by atoms with Crippen LogP contribution in [0.3, 0.4) is 0 Å². The molecule has 10 nitrogen and oxygen atoms in total. The Morgan fingerprint density at radius 3 is 2.67 bits per heavy atom. The number of fused-ring (bicyclic) bond motifs is 1. The van der Waals surface area contributed by atoms with E-state index in [1.165, 1.54) is 7.11 Å². The molecule has 5 rings (SSSR count). The minimum atomic E-state index is -0.208. The van der Waals surface area contributed by atoms with Crippen LogP contribution >= 0.6 is 0 Å². The molecular formula is C26H30N6O4. The topological polar surface area (TPSA) is 103 Å². The molecular weight excluding hydrogens is 460 g/mol. The second kappa shape index (κ2) is 10.9. The molecule has 10 heteroatoms. The van der Waals surface area contributed by atoms with E-state index in [0.29, 0.717) is 38.3 Å². The van der Waals surface area contributed by atoms with Gasteiger partial charge in [-0.05, 0) is 65.2 Å². The maximum atomic E-state index is 13.3. The maximum absolute atomic E-state index is 13.3. The lowest BCUT2D eigenvalue weighted by Crippen LogP contribution is -2.44. The molecule has 1 saturated heterocycles. The molecule has 3 heterocycles. The van der Waals surface area contributed by atoms with Gasteiger partial charge in [-0.25, -0.2) is 4.68 Å². The lowest BCUT2D eigenvalue weighted by atomic mass is 10.0. The van der Waals surface area contributed by atoms with Crippen LogP contribution in [0.2, 0.25) is 0 Å². The van der Waals surface area contributed by atoms with Crippen LogP contribution in [0.5, 0.6) is 5.75 Å². The third-order valence-corrected chi connectivity index (χ3v) is 6.80. The van der Waals surface area contributed by atoms with Crippen LogP contribution in [0.1, 0.15) is 46.3 Å². The summed E-state index contributed by atoms with van der Waals surface area (Å²) in [5, 5.41) is 11.2. The number of carbonyl (C=O) groups is 2. The number of hydrogen-bond acceptors (Lipinski definition) is 8. The fourth-order valence-corrected chi connectivity index (χ4v) is 4.91. The summed E-state index contributed by atoms with van der Waals surface area (Å²) in [5.74, 6) is 0.593. The largest absolute Gasteiger partial charge is 0.491 e. The Kier molecular flexibility index (Phi) is 7.22. The fourth-order valence-electron chi connectivity index (χ4n) is 4.91. The average Bonchev–Trinajstić information content (AvgIpc) is 3.33. The summed E-state index contributed by atoms with van der Waals surface area (Å²) in [4.78, 5) is 29.6. The van der Waals surface area contributed by atoms with Gasteiger partial charge in [0.2, 0.25) is 0 Å². The minimum absolute atomic E-state index is 0.0346. The van der Waals surface area contributed by atoms with Gasteiger partial charge in [-0.15, -0.1) is 5.10 Å². The highest BCUT2D eigenvalue weighted by molar-refractivity contribution is 5.94. The molecule has 1 amide bonds. The third-order valence-electron chi connectivity index (χ3n) is 6.80. The van der Waals surface area contributed by atoms with Crippen molar-refractivity contribution in [2.45, 2.75) is 44.9 Å². The van der Waals surface area contributed by atoms with Gasteiger partial charge in [0.15, 0.2) is 0 Å². The van der Waals surface area contributed by atoms with Crippen LogP contribution < -0.4 is 4.74 Å². The first-order valence-electron chi connectivity index (χ1n) is 12.3. The first kappa shape index (κ1) is 23.9. The number of amides is 1. The molecule has 2 aliphatic heterocycles. The smallest absolute Gasteiger partial charge is 0.323 e. The lowest BCUT2D eigenvalue weighted by molar-refractivity contribution is -0.148. The molecule has 2 aliphatic rings. The van der Waals surface area contributed by atoms with Crippen LogP contribution in [0.25, 0.3) is 0 Å². The molecule has 0 aliphatic carbocycles. The van der Waals surface area contributed by atoms with Gasteiger partial charge < -0.3 is 14.4 Å². The standard InChI is InChI=1S/C26H30N6O4/c1-35-26(34)23-4-2-3-11-30(23)15-20-7-10-24-22(14-20)17-31(12-13-36-24)25(33)21-8-5-19(6-9-21)16-32-18-27-28-29-32/h5-10,14,18,23H,2-4,11-13,15-17H2,1H3/t23-/m1/s1. The molecule has 0 saturated carbocycles. The SMILES string of the molecule is COC(=O)[C@H]1CCCCN1Cc1ccc2c(c1)CN(C(=O)c1ccc(Cn3cnnn3)cc1)CCO2. The van der Waals surface area contributed by atoms with Crippen molar-refractivity contribution in [2.24, 2.45) is 0 Å². The molecule has 36 heavy (non-hydrogen) atoms. The zero-order chi connectivity index (χ0) is 24.9. The lowest BCUT2D eigenvalue weighted by Gasteiger charge is -2.33. The number of likely N-dealkylation sites (tertiary alicyclic amines) is 1. The second-order valence-electron chi connectivity index (χ2n) is 9.23.